The molecule has 0 spiro atoms. The van der Waals surface area contributed by atoms with Crippen LogP contribution in [-0.2, 0) is 16.0 Å². The summed E-state index contributed by atoms with van der Waals surface area (Å²) in [6, 6.07) is 10.1. The van der Waals surface area contributed by atoms with E-state index in [2.05, 4.69) is 34.7 Å². The number of ether oxygens (including phenoxy) is 1. The highest BCUT2D eigenvalue weighted by Crippen LogP contribution is 2.26. The number of benzene rings is 1. The van der Waals surface area contributed by atoms with Crippen LogP contribution in [0.5, 0.6) is 0 Å². The molecule has 6 heteroatoms. The second-order valence-electron chi connectivity index (χ2n) is 8.43. The van der Waals surface area contributed by atoms with Crippen LogP contribution < -0.4 is 10.6 Å². The van der Waals surface area contributed by atoms with Gasteiger partial charge >= 0.3 is 0 Å². The number of carbonyl (C=O) groups excluding carboxylic acids is 2. The second-order valence-corrected chi connectivity index (χ2v) is 8.43. The number of ketones is 1. The Bertz CT molecular complexity index is 905. The van der Waals surface area contributed by atoms with E-state index in [9.17, 15) is 9.59 Å². The van der Waals surface area contributed by atoms with E-state index in [1.165, 1.54) is 5.56 Å². The average Bonchev–Trinajstić information content (AvgIpc) is 2.79. The number of aromatic nitrogens is 1. The zero-order valence-corrected chi connectivity index (χ0v) is 18.7. The predicted octanol–water partition coefficient (Wildman–Crippen LogP) is 4.10. The van der Waals surface area contributed by atoms with Gasteiger partial charge in [0.2, 0.25) is 5.91 Å². The first-order chi connectivity index (χ1) is 15.0. The fraction of sp³-hybridized carbons (Fsp3) is 0.480. The molecule has 0 unspecified atom stereocenters. The molecule has 1 aliphatic heterocycles. The van der Waals surface area contributed by atoms with Gasteiger partial charge in [-0.1, -0.05) is 45.0 Å². The molecule has 1 aromatic carbocycles. The van der Waals surface area contributed by atoms with Crippen molar-refractivity contribution in [1.29, 1.82) is 0 Å². The number of nitrogens with one attached hydrogen (secondary N) is 2. The van der Waals surface area contributed by atoms with Crippen molar-refractivity contribution in [1.82, 2.24) is 10.3 Å². The number of hydrogen-bond donors (Lipinski definition) is 2. The van der Waals surface area contributed by atoms with Crippen LogP contribution in [0.3, 0.4) is 0 Å². The highest BCUT2D eigenvalue weighted by Gasteiger charge is 2.20. The molecule has 166 valence electrons. The van der Waals surface area contributed by atoms with Crippen molar-refractivity contribution in [3.05, 3.63) is 47.8 Å². The first-order valence-electron chi connectivity index (χ1n) is 11.2. The lowest BCUT2D eigenvalue weighted by molar-refractivity contribution is -0.115. The molecule has 2 N–H and O–H groups in total. The second kappa shape index (κ2) is 11.2. The van der Waals surface area contributed by atoms with Crippen molar-refractivity contribution < 1.29 is 14.3 Å². The average molecular weight is 424 g/mol. The molecule has 0 saturated carbocycles. The van der Waals surface area contributed by atoms with Gasteiger partial charge in [-0.15, -0.1) is 0 Å². The molecule has 2 heterocycles. The van der Waals surface area contributed by atoms with Gasteiger partial charge in [0.1, 0.15) is 5.69 Å². The highest BCUT2D eigenvalue weighted by atomic mass is 16.5. The molecule has 31 heavy (non-hydrogen) atoms. The van der Waals surface area contributed by atoms with Crippen molar-refractivity contribution >= 4 is 17.4 Å². The molecule has 6 nitrogen and oxygen atoms in total. The maximum Gasteiger partial charge on any atom is 0.238 e. The quantitative estimate of drug-likeness (QED) is 0.594. The predicted molar refractivity (Wildman–Crippen MR) is 123 cm³/mol. The van der Waals surface area contributed by atoms with Gasteiger partial charge in [0, 0.05) is 30.9 Å². The Kier molecular flexibility index (Phi) is 8.32. The minimum absolute atomic E-state index is 0.0840. The van der Waals surface area contributed by atoms with Crippen LogP contribution in [0.1, 0.15) is 49.7 Å². The first-order valence-corrected chi connectivity index (χ1v) is 11.2. The van der Waals surface area contributed by atoms with Gasteiger partial charge in [0.25, 0.3) is 0 Å². The summed E-state index contributed by atoms with van der Waals surface area (Å²) in [7, 11) is 0. The van der Waals surface area contributed by atoms with E-state index in [-0.39, 0.29) is 24.2 Å². The summed E-state index contributed by atoms with van der Waals surface area (Å²) in [5.74, 6) is 0.0741. The number of aryl methyl sites for hydroxylation is 1. The number of amides is 1. The summed E-state index contributed by atoms with van der Waals surface area (Å²) in [6.07, 6.45) is 4.69. The standard InChI is InChI=1S/C25H33N3O3/c1-4-18-6-5-7-20(12-18)21-13-22(24(27-15-21)25(30)17(2)3)28-23(29)16-26-14-19-8-10-31-11-9-19/h5-7,12-13,15,17,19,26H,4,8-11,14,16H2,1-3H3,(H,28,29). The molecule has 1 fully saturated rings. The number of Topliss-reactive ketones (excluding diaryl/α,β-unsaturated/α-hetero) is 1. The molecule has 1 saturated heterocycles. The fourth-order valence-corrected chi connectivity index (χ4v) is 3.69. The topological polar surface area (TPSA) is 80.3 Å². The summed E-state index contributed by atoms with van der Waals surface area (Å²) in [5.41, 5.74) is 3.89. The monoisotopic (exact) mass is 423 g/mol. The zero-order chi connectivity index (χ0) is 22.2. The highest BCUT2D eigenvalue weighted by molar-refractivity contribution is 6.05. The van der Waals surface area contributed by atoms with Crippen molar-refractivity contribution in [2.24, 2.45) is 11.8 Å². The van der Waals surface area contributed by atoms with E-state index in [1.807, 2.05) is 32.0 Å². The van der Waals surface area contributed by atoms with Crippen LogP contribution in [0, 0.1) is 11.8 Å². The number of rotatable bonds is 9. The summed E-state index contributed by atoms with van der Waals surface area (Å²) in [5, 5.41) is 6.15. The third kappa shape index (κ3) is 6.45. The van der Waals surface area contributed by atoms with Gasteiger partial charge in [-0.2, -0.15) is 0 Å². The van der Waals surface area contributed by atoms with E-state index in [0.29, 0.717) is 17.3 Å². The fourth-order valence-electron chi connectivity index (χ4n) is 3.69. The Morgan fingerprint density at radius 3 is 2.65 bits per heavy atom. The number of anilines is 1. The molecule has 0 aliphatic carbocycles. The summed E-state index contributed by atoms with van der Waals surface area (Å²) < 4.78 is 5.38. The molecule has 0 radical (unpaired) electrons. The number of nitrogens with zero attached hydrogens (tertiary/aromatic N) is 1. The van der Waals surface area contributed by atoms with Gasteiger partial charge in [-0.25, -0.2) is 0 Å². The van der Waals surface area contributed by atoms with Gasteiger partial charge < -0.3 is 15.4 Å². The minimum atomic E-state index is -0.205. The lowest BCUT2D eigenvalue weighted by atomic mass is 10.00. The van der Waals surface area contributed by atoms with Crippen LogP contribution in [-0.4, -0.2) is 43.0 Å². The van der Waals surface area contributed by atoms with E-state index in [0.717, 1.165) is 50.1 Å². The third-order valence-electron chi connectivity index (χ3n) is 5.65. The van der Waals surface area contributed by atoms with E-state index in [1.54, 1.807) is 6.20 Å². The van der Waals surface area contributed by atoms with Gasteiger partial charge in [0.15, 0.2) is 5.78 Å². The Labute approximate surface area is 184 Å². The summed E-state index contributed by atoms with van der Waals surface area (Å²) in [4.78, 5) is 29.7. The molecule has 3 rings (SSSR count). The van der Waals surface area contributed by atoms with E-state index >= 15 is 0 Å². The molecule has 2 aromatic rings. The Morgan fingerprint density at radius 2 is 1.94 bits per heavy atom. The Hall–Kier alpha value is -2.57. The van der Waals surface area contributed by atoms with Crippen LogP contribution >= 0.6 is 0 Å². The summed E-state index contributed by atoms with van der Waals surface area (Å²) in [6.45, 7) is 8.35. The lowest BCUT2D eigenvalue weighted by Crippen LogP contribution is -2.34. The largest absolute Gasteiger partial charge is 0.381 e. The molecule has 1 amide bonds. The van der Waals surface area contributed by atoms with Gasteiger partial charge in [-0.05, 0) is 48.9 Å². The summed E-state index contributed by atoms with van der Waals surface area (Å²) >= 11 is 0. The third-order valence-corrected chi connectivity index (χ3v) is 5.65. The number of pyridine rings is 1. The van der Waals surface area contributed by atoms with E-state index < -0.39 is 0 Å². The maximum atomic E-state index is 12.7. The van der Waals surface area contributed by atoms with E-state index in [4.69, 9.17) is 4.74 Å². The van der Waals surface area contributed by atoms with Crippen molar-refractivity contribution in [2.75, 3.05) is 31.6 Å². The van der Waals surface area contributed by atoms with Crippen LogP contribution in [0.2, 0.25) is 0 Å². The Balaban J connectivity index is 1.74. The van der Waals surface area contributed by atoms with Gasteiger partial charge in [0.05, 0.1) is 12.2 Å². The van der Waals surface area contributed by atoms with Gasteiger partial charge in [-0.3, -0.25) is 14.6 Å². The smallest absolute Gasteiger partial charge is 0.238 e. The molecule has 0 atom stereocenters. The van der Waals surface area contributed by atoms with Crippen LogP contribution in [0.15, 0.2) is 36.5 Å². The van der Waals surface area contributed by atoms with Crippen molar-refractivity contribution in [3.8, 4) is 11.1 Å². The molecular weight excluding hydrogens is 390 g/mol. The van der Waals surface area contributed by atoms with Crippen LogP contribution in [0.25, 0.3) is 11.1 Å². The van der Waals surface area contributed by atoms with Crippen molar-refractivity contribution in [2.45, 2.75) is 40.0 Å². The van der Waals surface area contributed by atoms with Crippen molar-refractivity contribution in [3.63, 3.8) is 0 Å². The molecule has 1 aliphatic rings. The first kappa shape index (κ1) is 23.1. The molecule has 1 aromatic heterocycles. The lowest BCUT2D eigenvalue weighted by Gasteiger charge is -2.22. The Morgan fingerprint density at radius 1 is 1.16 bits per heavy atom. The normalized spacial score (nSPS) is 14.6. The van der Waals surface area contributed by atoms with Crippen LogP contribution in [0.4, 0.5) is 5.69 Å². The maximum absolute atomic E-state index is 12.7. The molecular formula is C25H33N3O3. The SMILES string of the molecule is CCc1cccc(-c2cnc(C(=O)C(C)C)c(NC(=O)CNCC3CCOCC3)c2)c1. The molecule has 0 bridgehead atoms. The minimum Gasteiger partial charge on any atom is -0.381 e. The number of hydrogen-bond acceptors (Lipinski definition) is 5. The number of carbonyl (C=O) groups is 2. The zero-order valence-electron chi connectivity index (χ0n) is 18.7.